The Morgan fingerprint density at radius 3 is 3.11 bits per heavy atom. The molecule has 5 heteroatoms. The molecule has 0 fully saturated rings. The lowest BCUT2D eigenvalue weighted by atomic mass is 9.97. The van der Waals surface area contributed by atoms with Gasteiger partial charge in [0.1, 0.15) is 16.6 Å². The lowest BCUT2D eigenvalue weighted by Gasteiger charge is -2.31. The predicted molar refractivity (Wildman–Crippen MR) is 68.3 cm³/mol. The van der Waals surface area contributed by atoms with Gasteiger partial charge in [-0.15, -0.1) is 11.3 Å². The molecule has 18 heavy (non-hydrogen) atoms. The molecule has 0 aliphatic carbocycles. The number of aromatic nitrogens is 1. The van der Waals surface area contributed by atoms with Crippen molar-refractivity contribution in [2.75, 3.05) is 7.05 Å². The van der Waals surface area contributed by atoms with Crippen molar-refractivity contribution < 1.29 is 9.13 Å². The number of fused-ring (bicyclic) bond motifs is 1. The molecule has 0 amide bonds. The van der Waals surface area contributed by atoms with Crippen molar-refractivity contribution in [2.45, 2.75) is 18.6 Å². The number of nitrogens with one attached hydrogen (secondary N) is 1. The minimum atomic E-state index is -0.275. The zero-order valence-corrected chi connectivity index (χ0v) is 10.7. The molecule has 0 bridgehead atoms. The Morgan fingerprint density at radius 1 is 1.50 bits per heavy atom. The lowest BCUT2D eigenvalue weighted by molar-refractivity contribution is 0.153. The number of rotatable bonds is 2. The van der Waals surface area contributed by atoms with Crippen molar-refractivity contribution in [3.8, 4) is 5.75 Å². The van der Waals surface area contributed by atoms with E-state index in [0.29, 0.717) is 5.75 Å². The third kappa shape index (κ3) is 2.00. The van der Waals surface area contributed by atoms with E-state index in [4.69, 9.17) is 4.74 Å². The Kier molecular flexibility index (Phi) is 3.01. The van der Waals surface area contributed by atoms with Crippen molar-refractivity contribution in [1.29, 1.82) is 0 Å². The summed E-state index contributed by atoms with van der Waals surface area (Å²) in [6, 6.07) is 4.86. The van der Waals surface area contributed by atoms with Gasteiger partial charge in [-0.05, 0) is 13.1 Å². The van der Waals surface area contributed by atoms with Gasteiger partial charge in [0.15, 0.2) is 6.10 Å². The fourth-order valence-electron chi connectivity index (χ4n) is 2.26. The third-order valence-corrected chi connectivity index (χ3v) is 4.01. The maximum absolute atomic E-state index is 13.3. The Hall–Kier alpha value is -1.46. The van der Waals surface area contributed by atoms with Crippen molar-refractivity contribution in [1.82, 2.24) is 10.3 Å². The molecule has 1 aromatic carbocycles. The van der Waals surface area contributed by atoms with Crippen LogP contribution in [0.4, 0.5) is 4.39 Å². The maximum atomic E-state index is 13.3. The quantitative estimate of drug-likeness (QED) is 0.905. The molecule has 1 aliphatic heterocycles. The van der Waals surface area contributed by atoms with Crippen LogP contribution < -0.4 is 10.1 Å². The van der Waals surface area contributed by atoms with Gasteiger partial charge < -0.3 is 10.1 Å². The summed E-state index contributed by atoms with van der Waals surface area (Å²) in [5.74, 6) is 0.337. The van der Waals surface area contributed by atoms with E-state index in [9.17, 15) is 4.39 Å². The Balaban J connectivity index is 1.98. The molecule has 1 N–H and O–H groups in total. The number of benzene rings is 1. The molecule has 0 radical (unpaired) electrons. The van der Waals surface area contributed by atoms with Crippen molar-refractivity contribution in [3.05, 3.63) is 46.2 Å². The number of nitrogens with zero attached hydrogens (tertiary/aromatic N) is 1. The van der Waals surface area contributed by atoms with E-state index >= 15 is 0 Å². The van der Waals surface area contributed by atoms with E-state index < -0.39 is 0 Å². The molecule has 2 unspecified atom stereocenters. The first-order valence-corrected chi connectivity index (χ1v) is 6.68. The predicted octanol–water partition coefficient (Wildman–Crippen LogP) is 3.07. The molecule has 1 aliphatic rings. The van der Waals surface area contributed by atoms with Crippen LogP contribution in [-0.2, 0) is 0 Å². The second-order valence-electron chi connectivity index (χ2n) is 4.24. The number of thiazole rings is 1. The van der Waals surface area contributed by atoms with Crippen molar-refractivity contribution in [2.24, 2.45) is 0 Å². The Bertz CT molecular complexity index is 544. The van der Waals surface area contributed by atoms with Crippen LogP contribution in [0.1, 0.15) is 29.1 Å². The first-order valence-electron chi connectivity index (χ1n) is 5.80. The smallest absolute Gasteiger partial charge is 0.152 e. The number of hydrogen-bond acceptors (Lipinski definition) is 4. The van der Waals surface area contributed by atoms with Gasteiger partial charge >= 0.3 is 0 Å². The Morgan fingerprint density at radius 2 is 2.39 bits per heavy atom. The summed E-state index contributed by atoms with van der Waals surface area (Å²) in [4.78, 5) is 4.28. The van der Waals surface area contributed by atoms with E-state index in [1.54, 1.807) is 23.6 Å². The summed E-state index contributed by atoms with van der Waals surface area (Å²) < 4.78 is 19.1. The lowest BCUT2D eigenvalue weighted by Crippen LogP contribution is -2.26. The first kappa shape index (κ1) is 11.6. The molecular weight excluding hydrogens is 251 g/mol. The minimum Gasteiger partial charge on any atom is -0.483 e. The van der Waals surface area contributed by atoms with Crippen molar-refractivity contribution in [3.63, 3.8) is 0 Å². The maximum Gasteiger partial charge on any atom is 0.152 e. The second-order valence-corrected chi connectivity index (χ2v) is 5.16. The molecule has 3 rings (SSSR count). The van der Waals surface area contributed by atoms with Gasteiger partial charge in [0, 0.05) is 35.7 Å². The SMILES string of the molecule is CNC1CC(c2nccs2)Oc2cc(F)ccc21. The van der Waals surface area contributed by atoms with E-state index in [2.05, 4.69) is 10.3 Å². The van der Waals surface area contributed by atoms with Crippen LogP contribution in [0.15, 0.2) is 29.8 Å². The highest BCUT2D eigenvalue weighted by Crippen LogP contribution is 2.41. The topological polar surface area (TPSA) is 34.2 Å². The number of ether oxygens (including phenoxy) is 1. The summed E-state index contributed by atoms with van der Waals surface area (Å²) in [5, 5.41) is 6.11. The molecule has 0 spiro atoms. The molecule has 0 saturated carbocycles. The van der Waals surface area contributed by atoms with Gasteiger partial charge in [-0.25, -0.2) is 9.37 Å². The summed E-state index contributed by atoms with van der Waals surface area (Å²) in [7, 11) is 1.90. The van der Waals surface area contributed by atoms with Crippen molar-refractivity contribution >= 4 is 11.3 Å². The highest BCUT2D eigenvalue weighted by molar-refractivity contribution is 7.09. The zero-order valence-electron chi connectivity index (χ0n) is 9.89. The van der Waals surface area contributed by atoms with Crippen LogP contribution in [-0.4, -0.2) is 12.0 Å². The summed E-state index contributed by atoms with van der Waals surface area (Å²) >= 11 is 1.56. The van der Waals surface area contributed by atoms with Crippen LogP contribution >= 0.6 is 11.3 Å². The van der Waals surface area contributed by atoms with Gasteiger partial charge in [0.05, 0.1) is 0 Å². The minimum absolute atomic E-state index is 0.100. The normalized spacial score (nSPS) is 22.3. The van der Waals surface area contributed by atoms with E-state index in [1.165, 1.54) is 12.1 Å². The van der Waals surface area contributed by atoms with Gasteiger partial charge in [0.2, 0.25) is 0 Å². The molecule has 2 atom stereocenters. The average molecular weight is 264 g/mol. The molecule has 2 heterocycles. The largest absolute Gasteiger partial charge is 0.483 e. The standard InChI is InChI=1S/C13H13FN2OS/c1-15-10-7-12(13-16-4-5-18-13)17-11-6-8(14)2-3-9(10)11/h2-6,10,12,15H,7H2,1H3. The number of hydrogen-bond donors (Lipinski definition) is 1. The summed E-state index contributed by atoms with van der Waals surface area (Å²) in [6.07, 6.45) is 2.47. The molecule has 1 aromatic heterocycles. The van der Waals surface area contributed by atoms with Crippen LogP contribution in [0, 0.1) is 5.82 Å². The van der Waals surface area contributed by atoms with Crippen LogP contribution in [0.25, 0.3) is 0 Å². The highest BCUT2D eigenvalue weighted by atomic mass is 32.1. The fraction of sp³-hybridized carbons (Fsp3) is 0.308. The van der Waals surface area contributed by atoms with Crippen LogP contribution in [0.2, 0.25) is 0 Å². The summed E-state index contributed by atoms with van der Waals surface area (Å²) in [6.45, 7) is 0. The molecule has 3 nitrogen and oxygen atoms in total. The van der Waals surface area contributed by atoms with Crippen LogP contribution in [0.3, 0.4) is 0 Å². The number of halogens is 1. The molecule has 94 valence electrons. The molecule has 2 aromatic rings. The van der Waals surface area contributed by atoms with Gasteiger partial charge in [-0.2, -0.15) is 0 Å². The van der Waals surface area contributed by atoms with Gasteiger partial charge in [-0.3, -0.25) is 0 Å². The molecular formula is C13H13FN2OS. The zero-order chi connectivity index (χ0) is 12.5. The molecule has 0 saturated heterocycles. The van der Waals surface area contributed by atoms with Crippen LogP contribution in [0.5, 0.6) is 5.75 Å². The van der Waals surface area contributed by atoms with E-state index in [-0.39, 0.29) is 18.0 Å². The van der Waals surface area contributed by atoms with Gasteiger partial charge in [-0.1, -0.05) is 6.07 Å². The summed E-state index contributed by atoms with van der Waals surface area (Å²) in [5.41, 5.74) is 1.01. The van der Waals surface area contributed by atoms with E-state index in [1.807, 2.05) is 12.4 Å². The van der Waals surface area contributed by atoms with Gasteiger partial charge in [0.25, 0.3) is 0 Å². The Labute approximate surface area is 109 Å². The monoisotopic (exact) mass is 264 g/mol. The second kappa shape index (κ2) is 4.66. The highest BCUT2D eigenvalue weighted by Gasteiger charge is 2.29. The fourth-order valence-corrected chi connectivity index (χ4v) is 2.94. The van der Waals surface area contributed by atoms with E-state index in [0.717, 1.165) is 17.0 Å². The third-order valence-electron chi connectivity index (χ3n) is 3.15. The first-order chi connectivity index (χ1) is 8.78. The average Bonchev–Trinajstić information content (AvgIpc) is 2.90.